The largest absolute Gasteiger partial charge is 0.481 e. The van der Waals surface area contributed by atoms with Crippen LogP contribution in [0, 0.1) is 18.8 Å². The topological polar surface area (TPSA) is 57.5 Å². The highest BCUT2D eigenvalue weighted by atomic mass is 16.4. The number of terminal acetylenes is 1. The maximum atomic E-state index is 10.6. The summed E-state index contributed by atoms with van der Waals surface area (Å²) in [5.41, 5.74) is -1.02. The van der Waals surface area contributed by atoms with E-state index in [-0.39, 0.29) is 12.3 Å². The van der Waals surface area contributed by atoms with Crippen molar-refractivity contribution in [2.24, 2.45) is 5.92 Å². The Bertz CT molecular complexity index is 305. The van der Waals surface area contributed by atoms with Gasteiger partial charge >= 0.3 is 5.97 Å². The lowest BCUT2D eigenvalue weighted by atomic mass is 9.78. The van der Waals surface area contributed by atoms with Crippen molar-refractivity contribution in [3.05, 3.63) is 24.8 Å². The Hall–Kier alpha value is -1.53. The molecule has 0 aromatic rings. The Balaban J connectivity index is -0.000000389. The number of hydrogen-bond donors (Lipinski definition) is 2. The summed E-state index contributed by atoms with van der Waals surface area (Å²) >= 11 is 0. The van der Waals surface area contributed by atoms with Crippen LogP contribution in [0.5, 0.6) is 0 Å². The second-order valence-electron chi connectivity index (χ2n) is 4.68. The molecule has 0 heterocycles. The first kappa shape index (κ1) is 24.5. The minimum atomic E-state index is -1.02. The van der Waals surface area contributed by atoms with Crippen LogP contribution in [0.3, 0.4) is 0 Å². The Labute approximate surface area is 130 Å². The molecule has 0 amide bonds. The van der Waals surface area contributed by atoms with Gasteiger partial charge in [0.25, 0.3) is 0 Å². The van der Waals surface area contributed by atoms with Crippen molar-refractivity contribution in [2.45, 2.75) is 65.4 Å². The molecular formula is C18H32O3. The Kier molecular flexibility index (Phi) is 19.3. The standard InChI is InChI=1S/C11H22O3.C5H8.C2H2/c1-4-7-9(5-2)11(14,6-3)8-10(12)13;1-3-5-4-2;1-2/h9,14H,4-8H2,1-3H3,(H,12,13);3-5H,1H2,2H3;1-2H/b;5-4-;. The van der Waals surface area contributed by atoms with Gasteiger partial charge in [0.05, 0.1) is 12.0 Å². The van der Waals surface area contributed by atoms with Gasteiger partial charge in [-0.1, -0.05) is 58.4 Å². The van der Waals surface area contributed by atoms with Crippen molar-refractivity contribution in [2.75, 3.05) is 0 Å². The first-order valence-electron chi connectivity index (χ1n) is 7.42. The number of carboxylic acid groups (broad SMARTS) is 1. The van der Waals surface area contributed by atoms with Gasteiger partial charge in [-0.25, -0.2) is 0 Å². The van der Waals surface area contributed by atoms with Crippen LogP contribution in [0.4, 0.5) is 0 Å². The third-order valence-electron chi connectivity index (χ3n) is 3.29. The van der Waals surface area contributed by atoms with Gasteiger partial charge in [0.1, 0.15) is 0 Å². The fourth-order valence-electron chi connectivity index (χ4n) is 2.16. The van der Waals surface area contributed by atoms with E-state index >= 15 is 0 Å². The molecular weight excluding hydrogens is 264 g/mol. The molecule has 0 rings (SSSR count). The minimum absolute atomic E-state index is 0.105. The molecule has 0 radical (unpaired) electrons. The zero-order chi connectivity index (χ0) is 17.3. The molecule has 2 atom stereocenters. The maximum absolute atomic E-state index is 10.6. The van der Waals surface area contributed by atoms with E-state index in [1.165, 1.54) is 0 Å². The fourth-order valence-corrected chi connectivity index (χ4v) is 2.16. The number of hydrogen-bond acceptors (Lipinski definition) is 2. The van der Waals surface area contributed by atoms with Crippen molar-refractivity contribution in [1.82, 2.24) is 0 Å². The van der Waals surface area contributed by atoms with Crippen LogP contribution in [-0.2, 0) is 4.79 Å². The van der Waals surface area contributed by atoms with Crippen LogP contribution in [0.2, 0.25) is 0 Å². The molecule has 0 spiro atoms. The van der Waals surface area contributed by atoms with Gasteiger partial charge in [0.2, 0.25) is 0 Å². The van der Waals surface area contributed by atoms with Gasteiger partial charge in [-0.2, -0.15) is 0 Å². The normalized spacial score (nSPS) is 13.9. The number of aliphatic hydroxyl groups is 1. The molecule has 0 aromatic heterocycles. The summed E-state index contributed by atoms with van der Waals surface area (Å²) in [4.78, 5) is 10.6. The number of allylic oxidation sites excluding steroid dienone is 3. The Morgan fingerprint density at radius 1 is 1.33 bits per heavy atom. The van der Waals surface area contributed by atoms with Crippen molar-refractivity contribution in [1.29, 1.82) is 0 Å². The summed E-state index contributed by atoms with van der Waals surface area (Å²) in [6, 6.07) is 0. The molecule has 0 saturated carbocycles. The SMILES string of the molecule is C#C.C=C/C=C\C.CCCC(CC)C(O)(CC)CC(=O)O. The third kappa shape index (κ3) is 13.2. The highest BCUT2D eigenvalue weighted by molar-refractivity contribution is 5.68. The van der Waals surface area contributed by atoms with E-state index in [9.17, 15) is 9.90 Å². The molecule has 3 nitrogen and oxygen atoms in total. The number of carbonyl (C=O) groups is 1. The predicted molar refractivity (Wildman–Crippen MR) is 91.1 cm³/mol. The molecule has 0 aliphatic heterocycles. The van der Waals surface area contributed by atoms with Crippen molar-refractivity contribution < 1.29 is 15.0 Å². The van der Waals surface area contributed by atoms with E-state index in [0.29, 0.717) is 6.42 Å². The Morgan fingerprint density at radius 2 is 1.86 bits per heavy atom. The van der Waals surface area contributed by atoms with E-state index in [4.69, 9.17) is 5.11 Å². The van der Waals surface area contributed by atoms with Gasteiger partial charge in [0, 0.05) is 0 Å². The van der Waals surface area contributed by atoms with E-state index < -0.39 is 11.6 Å². The van der Waals surface area contributed by atoms with Crippen LogP contribution in [0.15, 0.2) is 24.8 Å². The lowest BCUT2D eigenvalue weighted by molar-refractivity contribution is -0.145. The smallest absolute Gasteiger partial charge is 0.306 e. The van der Waals surface area contributed by atoms with Crippen LogP contribution in [0.1, 0.15) is 59.8 Å². The molecule has 21 heavy (non-hydrogen) atoms. The maximum Gasteiger partial charge on any atom is 0.306 e. The van der Waals surface area contributed by atoms with Gasteiger partial charge in [-0.05, 0) is 25.7 Å². The highest BCUT2D eigenvalue weighted by Crippen LogP contribution is 2.31. The lowest BCUT2D eigenvalue weighted by Crippen LogP contribution is -2.39. The first-order chi connectivity index (χ1) is 9.91. The van der Waals surface area contributed by atoms with Crippen LogP contribution >= 0.6 is 0 Å². The monoisotopic (exact) mass is 296 g/mol. The van der Waals surface area contributed by atoms with E-state index in [0.717, 1.165) is 19.3 Å². The van der Waals surface area contributed by atoms with E-state index in [1.54, 1.807) is 6.08 Å². The average molecular weight is 296 g/mol. The van der Waals surface area contributed by atoms with Crippen molar-refractivity contribution in [3.63, 3.8) is 0 Å². The predicted octanol–water partition coefficient (Wildman–Crippen LogP) is 4.43. The molecule has 3 heteroatoms. The Morgan fingerprint density at radius 3 is 2.05 bits per heavy atom. The summed E-state index contributed by atoms with van der Waals surface area (Å²) < 4.78 is 0. The quantitative estimate of drug-likeness (QED) is 0.514. The molecule has 0 bridgehead atoms. The summed E-state index contributed by atoms with van der Waals surface area (Å²) in [7, 11) is 0. The molecule has 2 unspecified atom stereocenters. The number of aliphatic carboxylic acids is 1. The highest BCUT2D eigenvalue weighted by Gasteiger charge is 2.35. The summed E-state index contributed by atoms with van der Waals surface area (Å²) in [5, 5.41) is 18.9. The molecule has 0 saturated heterocycles. The molecule has 0 aliphatic rings. The van der Waals surface area contributed by atoms with E-state index in [2.05, 4.69) is 26.3 Å². The van der Waals surface area contributed by atoms with Gasteiger partial charge in [0.15, 0.2) is 0 Å². The van der Waals surface area contributed by atoms with Crippen LogP contribution in [0.25, 0.3) is 0 Å². The fraction of sp³-hybridized carbons (Fsp3) is 0.611. The van der Waals surface area contributed by atoms with Gasteiger partial charge in [-0.15, -0.1) is 12.8 Å². The van der Waals surface area contributed by atoms with Crippen molar-refractivity contribution in [3.8, 4) is 12.8 Å². The molecule has 2 N–H and O–H groups in total. The second-order valence-corrected chi connectivity index (χ2v) is 4.68. The first-order valence-corrected chi connectivity index (χ1v) is 7.42. The molecule has 0 fully saturated rings. The van der Waals surface area contributed by atoms with Crippen molar-refractivity contribution >= 4 is 5.97 Å². The zero-order valence-corrected chi connectivity index (χ0v) is 14.0. The molecule has 0 aliphatic carbocycles. The summed E-state index contributed by atoms with van der Waals surface area (Å²) in [6.45, 7) is 11.3. The van der Waals surface area contributed by atoms with Crippen LogP contribution < -0.4 is 0 Å². The molecule has 0 aromatic carbocycles. The molecule has 122 valence electrons. The lowest BCUT2D eigenvalue weighted by Gasteiger charge is -2.33. The second kappa shape index (κ2) is 16.5. The zero-order valence-electron chi connectivity index (χ0n) is 14.0. The third-order valence-corrected chi connectivity index (χ3v) is 3.29. The van der Waals surface area contributed by atoms with Gasteiger partial charge in [-0.3, -0.25) is 4.79 Å². The van der Waals surface area contributed by atoms with Crippen LogP contribution in [-0.4, -0.2) is 21.8 Å². The minimum Gasteiger partial charge on any atom is -0.481 e. The van der Waals surface area contributed by atoms with Gasteiger partial charge < -0.3 is 10.2 Å². The summed E-state index contributed by atoms with van der Waals surface area (Å²) in [6.07, 6.45) is 16.7. The number of carboxylic acids is 1. The summed E-state index contributed by atoms with van der Waals surface area (Å²) in [5.74, 6) is -0.808. The van der Waals surface area contributed by atoms with E-state index in [1.807, 2.05) is 32.9 Å². The number of rotatable bonds is 8. The average Bonchev–Trinajstić information content (AvgIpc) is 2.47.